The third-order valence-electron chi connectivity index (χ3n) is 2.00. The molecule has 0 saturated heterocycles. The van der Waals surface area contributed by atoms with Gasteiger partial charge in [-0.05, 0) is 26.3 Å². The lowest BCUT2D eigenvalue weighted by Crippen LogP contribution is -2.08. The Bertz CT molecular complexity index is 529. The largest absolute Gasteiger partial charge is 0.462 e. The highest BCUT2D eigenvalue weighted by molar-refractivity contribution is 7.59. The molecule has 0 spiro atoms. The first-order chi connectivity index (χ1) is 9.34. The number of hydrogen-bond acceptors (Lipinski definition) is 8. The summed E-state index contributed by atoms with van der Waals surface area (Å²) in [5.41, 5.74) is 1.07. The minimum Gasteiger partial charge on any atom is -0.462 e. The fraction of sp³-hybridized carbons (Fsp3) is 0.455. The molecule has 1 aromatic heterocycles. The molecule has 1 aromatic rings. The van der Waals surface area contributed by atoms with Gasteiger partial charge in [0.25, 0.3) is 0 Å². The predicted octanol–water partition coefficient (Wildman–Crippen LogP) is 1.41. The standard InChI is InChI=1S/C11H14O4S.O3S/c1-4-14-10(12)8-6-16-9(7(8)3)11(13)15-5-2;1-4(2)3/h6H,4-5H2,1-3H3;. The van der Waals surface area contributed by atoms with Crippen molar-refractivity contribution in [1.82, 2.24) is 0 Å². The number of thiophene rings is 1. The lowest BCUT2D eigenvalue weighted by molar-refractivity contribution is 0.0526. The van der Waals surface area contributed by atoms with Crippen molar-refractivity contribution in [2.45, 2.75) is 20.8 Å². The normalized spacial score (nSPS) is 9.15. The van der Waals surface area contributed by atoms with Crippen LogP contribution in [0.15, 0.2) is 5.38 Å². The van der Waals surface area contributed by atoms with E-state index in [1.807, 2.05) is 0 Å². The van der Waals surface area contributed by atoms with Gasteiger partial charge in [-0.1, -0.05) is 0 Å². The molecule has 0 aliphatic heterocycles. The van der Waals surface area contributed by atoms with Gasteiger partial charge in [-0.3, -0.25) is 0 Å². The van der Waals surface area contributed by atoms with Crippen LogP contribution in [-0.4, -0.2) is 37.8 Å². The van der Waals surface area contributed by atoms with Crippen molar-refractivity contribution in [1.29, 1.82) is 0 Å². The van der Waals surface area contributed by atoms with Gasteiger partial charge in [0.15, 0.2) is 0 Å². The van der Waals surface area contributed by atoms with Gasteiger partial charge in [-0.2, -0.15) is 0 Å². The number of esters is 2. The van der Waals surface area contributed by atoms with Crippen molar-refractivity contribution < 1.29 is 31.7 Å². The van der Waals surface area contributed by atoms with Gasteiger partial charge in [0.1, 0.15) is 4.88 Å². The summed E-state index contributed by atoms with van der Waals surface area (Å²) in [6.07, 6.45) is 0. The molecule has 0 aliphatic carbocycles. The zero-order valence-corrected chi connectivity index (χ0v) is 12.8. The van der Waals surface area contributed by atoms with Crippen LogP contribution in [0.1, 0.15) is 39.4 Å². The molecule has 0 unspecified atom stereocenters. The highest BCUT2D eigenvalue weighted by atomic mass is 32.2. The summed E-state index contributed by atoms with van der Waals surface area (Å²) < 4.78 is 35.1. The van der Waals surface area contributed by atoms with E-state index in [2.05, 4.69) is 0 Å². The number of ether oxygens (including phenoxy) is 2. The molecule has 1 heterocycles. The minimum atomic E-state index is -3.11. The number of hydrogen-bond donors (Lipinski definition) is 0. The van der Waals surface area contributed by atoms with Crippen LogP contribution in [0.25, 0.3) is 0 Å². The van der Waals surface area contributed by atoms with Gasteiger partial charge in [0.05, 0.1) is 18.8 Å². The average Bonchev–Trinajstić information content (AvgIpc) is 2.71. The Hall–Kier alpha value is -1.74. The lowest BCUT2D eigenvalue weighted by atomic mass is 10.2. The van der Waals surface area contributed by atoms with Gasteiger partial charge >= 0.3 is 22.5 Å². The first-order valence-electron chi connectivity index (χ1n) is 5.54. The van der Waals surface area contributed by atoms with Crippen molar-refractivity contribution in [3.63, 3.8) is 0 Å². The molecule has 0 radical (unpaired) electrons. The summed E-state index contributed by atoms with van der Waals surface area (Å²) in [5, 5.41) is 1.62. The number of rotatable bonds is 4. The highest BCUT2D eigenvalue weighted by Gasteiger charge is 2.20. The smallest absolute Gasteiger partial charge is 0.425 e. The van der Waals surface area contributed by atoms with E-state index < -0.39 is 16.6 Å². The minimum absolute atomic E-state index is 0.322. The monoisotopic (exact) mass is 322 g/mol. The van der Waals surface area contributed by atoms with E-state index in [0.717, 1.165) is 0 Å². The Morgan fingerprint density at radius 2 is 1.55 bits per heavy atom. The quantitative estimate of drug-likeness (QED) is 0.772. The van der Waals surface area contributed by atoms with Crippen molar-refractivity contribution >= 4 is 33.9 Å². The number of carbonyl (C=O) groups excluding carboxylic acids is 2. The summed E-state index contributed by atoms with van der Waals surface area (Å²) >= 11 is 1.20. The van der Waals surface area contributed by atoms with E-state index in [4.69, 9.17) is 22.1 Å². The maximum absolute atomic E-state index is 11.5. The predicted molar refractivity (Wildman–Crippen MR) is 70.7 cm³/mol. The molecule has 0 N–H and O–H groups in total. The Morgan fingerprint density at radius 3 is 2.00 bits per heavy atom. The van der Waals surface area contributed by atoms with E-state index in [1.165, 1.54) is 11.3 Å². The topological polar surface area (TPSA) is 104 Å². The fourth-order valence-electron chi connectivity index (χ4n) is 1.22. The molecule has 0 fully saturated rings. The van der Waals surface area contributed by atoms with Crippen molar-refractivity contribution in [3.8, 4) is 0 Å². The SMILES string of the molecule is CCOC(=O)c1csc(C(=O)OCC)c1C.O=S(=O)=O. The summed E-state index contributed by atoms with van der Waals surface area (Å²) in [5.74, 6) is -0.785. The molecule has 112 valence electrons. The van der Waals surface area contributed by atoms with E-state index in [0.29, 0.717) is 29.2 Å². The van der Waals surface area contributed by atoms with Gasteiger partial charge in [0.2, 0.25) is 0 Å². The van der Waals surface area contributed by atoms with Crippen LogP contribution in [0.4, 0.5) is 0 Å². The van der Waals surface area contributed by atoms with Gasteiger partial charge in [0, 0.05) is 5.38 Å². The van der Waals surface area contributed by atoms with E-state index in [9.17, 15) is 9.59 Å². The summed E-state index contributed by atoms with van der Waals surface area (Å²) in [4.78, 5) is 23.4. The Morgan fingerprint density at radius 1 is 1.10 bits per heavy atom. The molecule has 0 aliphatic rings. The van der Waals surface area contributed by atoms with E-state index in [-0.39, 0.29) is 5.97 Å². The van der Waals surface area contributed by atoms with Crippen LogP contribution < -0.4 is 0 Å². The van der Waals surface area contributed by atoms with E-state index >= 15 is 0 Å². The Kier molecular flexibility index (Phi) is 8.41. The third kappa shape index (κ3) is 5.93. The second kappa shape index (κ2) is 9.21. The maximum Gasteiger partial charge on any atom is 0.425 e. The average molecular weight is 322 g/mol. The first-order valence-corrected chi connectivity index (χ1v) is 7.42. The van der Waals surface area contributed by atoms with Gasteiger partial charge in [-0.25, -0.2) is 9.59 Å². The molecule has 1 rings (SSSR count). The maximum atomic E-state index is 11.5. The second-order valence-corrected chi connectivity index (χ2v) is 4.54. The second-order valence-electron chi connectivity index (χ2n) is 3.25. The molecule has 0 atom stereocenters. The van der Waals surface area contributed by atoms with Gasteiger partial charge < -0.3 is 9.47 Å². The lowest BCUT2D eigenvalue weighted by Gasteiger charge is -2.02. The van der Waals surface area contributed by atoms with Crippen molar-refractivity contribution in [2.75, 3.05) is 13.2 Å². The zero-order chi connectivity index (χ0) is 15.7. The van der Waals surface area contributed by atoms with Crippen LogP contribution >= 0.6 is 11.3 Å². The molecule has 0 saturated carbocycles. The van der Waals surface area contributed by atoms with Crippen LogP contribution in [0, 0.1) is 6.92 Å². The van der Waals surface area contributed by atoms with Crippen LogP contribution in [0.5, 0.6) is 0 Å². The molecular weight excluding hydrogens is 308 g/mol. The van der Waals surface area contributed by atoms with E-state index in [1.54, 1.807) is 26.2 Å². The molecule has 0 aromatic carbocycles. The molecule has 0 bridgehead atoms. The highest BCUT2D eigenvalue weighted by Crippen LogP contribution is 2.23. The number of carbonyl (C=O) groups is 2. The Balaban J connectivity index is 0.000000796. The molecule has 7 nitrogen and oxygen atoms in total. The molecule has 9 heteroatoms. The third-order valence-corrected chi connectivity index (χ3v) is 3.06. The van der Waals surface area contributed by atoms with Crippen molar-refractivity contribution in [2.24, 2.45) is 0 Å². The summed E-state index contributed by atoms with van der Waals surface area (Å²) in [7, 11) is -3.11. The molecule has 20 heavy (non-hydrogen) atoms. The molecule has 0 amide bonds. The first kappa shape index (κ1) is 18.3. The van der Waals surface area contributed by atoms with Crippen LogP contribution in [0.3, 0.4) is 0 Å². The fourth-order valence-corrected chi connectivity index (χ4v) is 2.18. The van der Waals surface area contributed by atoms with Crippen LogP contribution in [-0.2, 0) is 20.1 Å². The zero-order valence-electron chi connectivity index (χ0n) is 11.2. The summed E-state index contributed by atoms with van der Waals surface area (Å²) in [6.45, 7) is 5.85. The van der Waals surface area contributed by atoms with Crippen LogP contribution in [0.2, 0.25) is 0 Å². The van der Waals surface area contributed by atoms with Gasteiger partial charge in [-0.15, -0.1) is 24.0 Å². The molecular formula is C11H14O7S2. The summed E-state index contributed by atoms with van der Waals surface area (Å²) in [6, 6.07) is 0. The Labute approximate surface area is 121 Å². The van der Waals surface area contributed by atoms with Crippen molar-refractivity contribution in [3.05, 3.63) is 21.4 Å².